The average Bonchev–Trinajstić information content (AvgIpc) is 2.87. The fourth-order valence-electron chi connectivity index (χ4n) is 1.66. The first-order valence-corrected chi connectivity index (χ1v) is 7.46. The molecule has 0 amide bonds. The molecular formula is C14H16N2O3S. The van der Waals surface area contributed by atoms with Crippen LogP contribution in [0.4, 0.5) is 0 Å². The quantitative estimate of drug-likeness (QED) is 0.880. The molecule has 0 saturated heterocycles. The number of hydrogen-bond acceptors (Lipinski definition) is 5. The predicted molar refractivity (Wildman–Crippen MR) is 77.7 cm³/mol. The molecule has 0 atom stereocenters. The lowest BCUT2D eigenvalue weighted by atomic mass is 10.1. The molecule has 0 aliphatic heterocycles. The van der Waals surface area contributed by atoms with E-state index in [0.29, 0.717) is 23.1 Å². The highest BCUT2D eigenvalue weighted by Gasteiger charge is 2.16. The molecule has 2 aromatic rings. The van der Waals surface area contributed by atoms with Gasteiger partial charge in [-0.15, -0.1) is 0 Å². The Hall–Kier alpha value is -1.82. The molecule has 0 saturated carbocycles. The second-order valence-electron chi connectivity index (χ2n) is 4.78. The number of aromatic carboxylic acids is 1. The zero-order valence-electron chi connectivity index (χ0n) is 11.4. The lowest BCUT2D eigenvalue weighted by Gasteiger charge is -2.01. The summed E-state index contributed by atoms with van der Waals surface area (Å²) < 4.78 is 5.16. The number of hydrogen-bond donors (Lipinski definition) is 1. The van der Waals surface area contributed by atoms with Gasteiger partial charge in [-0.3, -0.25) is 0 Å². The third-order valence-electron chi connectivity index (χ3n) is 2.54. The van der Waals surface area contributed by atoms with Crippen molar-refractivity contribution in [3.63, 3.8) is 0 Å². The molecule has 106 valence electrons. The summed E-state index contributed by atoms with van der Waals surface area (Å²) in [4.78, 5) is 15.4. The molecule has 6 heteroatoms. The van der Waals surface area contributed by atoms with Gasteiger partial charge >= 0.3 is 5.97 Å². The van der Waals surface area contributed by atoms with E-state index in [1.807, 2.05) is 0 Å². The van der Waals surface area contributed by atoms with Gasteiger partial charge in [0.25, 0.3) is 5.89 Å². The summed E-state index contributed by atoms with van der Waals surface area (Å²) in [6.07, 6.45) is 0. The zero-order valence-corrected chi connectivity index (χ0v) is 12.2. The standard InChI is InChI=1S/C14H16N2O3S/c1-9(2)7-20-8-12-15-13(19-16-12)10-5-3-4-6-11(10)14(17)18/h3-6,9H,7-8H2,1-2H3,(H,17,18). The SMILES string of the molecule is CC(C)CSCc1noc(-c2ccccc2C(=O)O)n1. The highest BCUT2D eigenvalue weighted by Crippen LogP contribution is 2.23. The molecule has 1 heterocycles. The molecule has 1 aromatic carbocycles. The first-order valence-electron chi connectivity index (χ1n) is 6.31. The Kier molecular flexibility index (Phi) is 4.79. The van der Waals surface area contributed by atoms with Crippen LogP contribution in [0.5, 0.6) is 0 Å². The van der Waals surface area contributed by atoms with Gasteiger partial charge in [0.05, 0.1) is 16.9 Å². The van der Waals surface area contributed by atoms with Gasteiger partial charge < -0.3 is 9.63 Å². The number of carboxylic acids is 1. The van der Waals surface area contributed by atoms with Crippen molar-refractivity contribution in [3.8, 4) is 11.5 Å². The van der Waals surface area contributed by atoms with Crippen LogP contribution >= 0.6 is 11.8 Å². The van der Waals surface area contributed by atoms with Crippen LogP contribution in [0.25, 0.3) is 11.5 Å². The van der Waals surface area contributed by atoms with E-state index in [-0.39, 0.29) is 11.5 Å². The molecule has 0 aliphatic carbocycles. The monoisotopic (exact) mass is 292 g/mol. The number of nitrogens with zero attached hydrogens (tertiary/aromatic N) is 2. The third-order valence-corrected chi connectivity index (χ3v) is 3.90. The summed E-state index contributed by atoms with van der Waals surface area (Å²) in [7, 11) is 0. The normalized spacial score (nSPS) is 10.9. The van der Waals surface area contributed by atoms with E-state index in [1.54, 1.807) is 30.0 Å². The molecule has 0 spiro atoms. The smallest absolute Gasteiger partial charge is 0.336 e. The van der Waals surface area contributed by atoms with Crippen molar-refractivity contribution < 1.29 is 14.4 Å². The van der Waals surface area contributed by atoms with Crippen molar-refractivity contribution in [3.05, 3.63) is 35.7 Å². The van der Waals surface area contributed by atoms with Gasteiger partial charge in [-0.25, -0.2) is 4.79 Å². The molecular weight excluding hydrogens is 276 g/mol. The largest absolute Gasteiger partial charge is 0.478 e. The van der Waals surface area contributed by atoms with Crippen LogP contribution in [0.1, 0.15) is 30.0 Å². The lowest BCUT2D eigenvalue weighted by Crippen LogP contribution is -1.99. The highest BCUT2D eigenvalue weighted by molar-refractivity contribution is 7.98. The van der Waals surface area contributed by atoms with Gasteiger partial charge in [0, 0.05) is 0 Å². The second kappa shape index (κ2) is 6.56. The van der Waals surface area contributed by atoms with Gasteiger partial charge in [0.15, 0.2) is 5.82 Å². The van der Waals surface area contributed by atoms with E-state index < -0.39 is 5.97 Å². The minimum atomic E-state index is -1.01. The molecule has 0 unspecified atom stereocenters. The first-order chi connectivity index (χ1) is 9.58. The maximum atomic E-state index is 11.2. The second-order valence-corrected chi connectivity index (χ2v) is 5.81. The molecule has 2 rings (SSSR count). The van der Waals surface area contributed by atoms with E-state index >= 15 is 0 Å². The van der Waals surface area contributed by atoms with Gasteiger partial charge in [-0.2, -0.15) is 16.7 Å². The van der Waals surface area contributed by atoms with E-state index in [2.05, 4.69) is 24.0 Å². The summed E-state index contributed by atoms with van der Waals surface area (Å²) >= 11 is 1.73. The van der Waals surface area contributed by atoms with Crippen molar-refractivity contribution in [2.24, 2.45) is 5.92 Å². The topological polar surface area (TPSA) is 76.2 Å². The van der Waals surface area contributed by atoms with E-state index in [1.165, 1.54) is 6.07 Å². The number of thioether (sulfide) groups is 1. The lowest BCUT2D eigenvalue weighted by molar-refractivity contribution is 0.0697. The average molecular weight is 292 g/mol. The van der Waals surface area contributed by atoms with E-state index in [9.17, 15) is 4.79 Å². The van der Waals surface area contributed by atoms with Crippen molar-refractivity contribution in [1.29, 1.82) is 0 Å². The molecule has 0 radical (unpaired) electrons. The van der Waals surface area contributed by atoms with Crippen LogP contribution in [0.15, 0.2) is 28.8 Å². The minimum Gasteiger partial charge on any atom is -0.478 e. The Labute approximate surface area is 121 Å². The third kappa shape index (κ3) is 3.60. The van der Waals surface area contributed by atoms with Crippen LogP contribution in [-0.2, 0) is 5.75 Å². The van der Waals surface area contributed by atoms with Crippen LogP contribution in [-0.4, -0.2) is 27.0 Å². The summed E-state index contributed by atoms with van der Waals surface area (Å²) in [5.41, 5.74) is 0.616. The maximum Gasteiger partial charge on any atom is 0.336 e. The minimum absolute atomic E-state index is 0.164. The van der Waals surface area contributed by atoms with Crippen molar-refractivity contribution in [2.75, 3.05) is 5.75 Å². The number of benzene rings is 1. The zero-order chi connectivity index (χ0) is 14.5. The van der Waals surface area contributed by atoms with Crippen LogP contribution < -0.4 is 0 Å². The Morgan fingerprint density at radius 1 is 1.40 bits per heavy atom. The van der Waals surface area contributed by atoms with Gasteiger partial charge in [-0.05, 0) is 23.8 Å². The Morgan fingerprint density at radius 3 is 2.85 bits per heavy atom. The molecule has 0 aliphatic rings. The summed E-state index contributed by atoms with van der Waals surface area (Å²) in [6, 6.07) is 6.61. The van der Waals surface area contributed by atoms with Gasteiger partial charge in [0.2, 0.25) is 0 Å². The Balaban J connectivity index is 2.15. The Bertz CT molecular complexity index is 596. The van der Waals surface area contributed by atoms with Gasteiger partial charge in [0.1, 0.15) is 0 Å². The van der Waals surface area contributed by atoms with Crippen molar-refractivity contribution >= 4 is 17.7 Å². The molecule has 0 bridgehead atoms. The fourth-order valence-corrected chi connectivity index (χ4v) is 2.55. The molecule has 1 aromatic heterocycles. The van der Waals surface area contributed by atoms with Crippen LogP contribution in [0.2, 0.25) is 0 Å². The predicted octanol–water partition coefficient (Wildman–Crippen LogP) is 3.32. The van der Waals surface area contributed by atoms with Gasteiger partial charge in [-0.1, -0.05) is 31.1 Å². The highest BCUT2D eigenvalue weighted by atomic mass is 32.2. The fraction of sp³-hybridized carbons (Fsp3) is 0.357. The van der Waals surface area contributed by atoms with E-state index in [4.69, 9.17) is 9.63 Å². The molecule has 5 nitrogen and oxygen atoms in total. The van der Waals surface area contributed by atoms with Crippen molar-refractivity contribution in [2.45, 2.75) is 19.6 Å². The van der Waals surface area contributed by atoms with E-state index in [0.717, 1.165) is 5.75 Å². The summed E-state index contributed by atoms with van der Waals surface area (Å²) in [5.74, 6) is 2.13. The number of carbonyl (C=O) groups is 1. The number of carboxylic acid groups (broad SMARTS) is 1. The molecule has 20 heavy (non-hydrogen) atoms. The Morgan fingerprint density at radius 2 is 2.15 bits per heavy atom. The van der Waals surface area contributed by atoms with Crippen LogP contribution in [0, 0.1) is 5.92 Å². The summed E-state index contributed by atoms with van der Waals surface area (Å²) in [6.45, 7) is 4.30. The molecule has 1 N–H and O–H groups in total. The van der Waals surface area contributed by atoms with Crippen LogP contribution in [0.3, 0.4) is 0 Å². The molecule has 0 fully saturated rings. The first kappa shape index (κ1) is 14.6. The number of aromatic nitrogens is 2. The maximum absolute atomic E-state index is 11.2. The summed E-state index contributed by atoms with van der Waals surface area (Å²) in [5, 5.41) is 13.0. The van der Waals surface area contributed by atoms with Crippen molar-refractivity contribution in [1.82, 2.24) is 10.1 Å². The number of rotatable bonds is 6.